The average molecular weight is 331 g/mol. The van der Waals surface area contributed by atoms with E-state index in [0.29, 0.717) is 17.9 Å². The first kappa shape index (κ1) is 16.3. The Morgan fingerprint density at radius 3 is 2.24 bits per heavy atom. The zero-order valence-corrected chi connectivity index (χ0v) is 14.6. The smallest absolute Gasteiger partial charge is 0.166 e. The van der Waals surface area contributed by atoms with Gasteiger partial charge in [-0.05, 0) is 36.8 Å². The van der Waals surface area contributed by atoms with Crippen molar-refractivity contribution in [3.63, 3.8) is 0 Å². The van der Waals surface area contributed by atoms with Gasteiger partial charge in [-0.2, -0.15) is 0 Å². The molecule has 0 aliphatic carbocycles. The first-order valence-corrected chi connectivity index (χ1v) is 9.31. The largest absolute Gasteiger partial charge is 0.294 e. The molecule has 2 unspecified atom stereocenters. The van der Waals surface area contributed by atoms with E-state index in [2.05, 4.69) is 41.8 Å². The van der Waals surface area contributed by atoms with Crippen molar-refractivity contribution in [2.75, 3.05) is 0 Å². The van der Waals surface area contributed by atoms with Crippen LogP contribution in [0.15, 0.2) is 61.2 Å². The Hall–Kier alpha value is -2.19. The summed E-state index contributed by atoms with van der Waals surface area (Å²) in [5, 5.41) is 0. The van der Waals surface area contributed by atoms with Gasteiger partial charge >= 0.3 is 0 Å². The summed E-state index contributed by atoms with van der Waals surface area (Å²) in [6, 6.07) is 19.7. The van der Waals surface area contributed by atoms with Crippen LogP contribution in [0.5, 0.6) is 0 Å². The van der Waals surface area contributed by atoms with Crippen LogP contribution in [-0.2, 0) is 6.54 Å². The van der Waals surface area contributed by atoms with Crippen LogP contribution < -0.4 is 0 Å². The number of Topliss-reactive ketones (excluding diaryl/α,β-unsaturated/α-hetero) is 1. The number of carbonyl (C=O) groups excluding carboxylic acids is 1. The molecule has 2 bridgehead atoms. The van der Waals surface area contributed by atoms with Crippen LogP contribution in [0, 0.1) is 5.92 Å². The van der Waals surface area contributed by atoms with E-state index in [-0.39, 0.29) is 5.92 Å². The van der Waals surface area contributed by atoms with Gasteiger partial charge in [-0.25, -0.2) is 0 Å². The molecule has 0 aromatic heterocycles. The zero-order chi connectivity index (χ0) is 17.2. The lowest BCUT2D eigenvalue weighted by Gasteiger charge is -2.38. The second kappa shape index (κ2) is 6.97. The summed E-state index contributed by atoms with van der Waals surface area (Å²) in [5.74, 6) is 0.506. The molecule has 25 heavy (non-hydrogen) atoms. The van der Waals surface area contributed by atoms with Gasteiger partial charge in [-0.1, -0.05) is 67.3 Å². The fraction of sp³-hybridized carbons (Fsp3) is 0.348. The Kier molecular flexibility index (Phi) is 4.54. The van der Waals surface area contributed by atoms with Crippen molar-refractivity contribution in [2.24, 2.45) is 5.92 Å². The number of hydrogen-bond acceptors (Lipinski definition) is 2. The van der Waals surface area contributed by atoms with Gasteiger partial charge < -0.3 is 0 Å². The van der Waals surface area contributed by atoms with E-state index in [4.69, 9.17) is 0 Å². The third-order valence-corrected chi connectivity index (χ3v) is 5.89. The highest BCUT2D eigenvalue weighted by Crippen LogP contribution is 2.40. The van der Waals surface area contributed by atoms with Crippen molar-refractivity contribution in [1.82, 2.24) is 4.90 Å². The van der Waals surface area contributed by atoms with E-state index < -0.39 is 0 Å². The van der Waals surface area contributed by atoms with E-state index in [1.807, 2.05) is 30.3 Å². The molecule has 0 spiro atoms. The molecule has 2 heteroatoms. The first-order chi connectivity index (χ1) is 12.2. The van der Waals surface area contributed by atoms with Gasteiger partial charge in [0.2, 0.25) is 0 Å². The van der Waals surface area contributed by atoms with Gasteiger partial charge in [-0.15, -0.1) is 0 Å². The summed E-state index contributed by atoms with van der Waals surface area (Å²) < 4.78 is 0. The monoisotopic (exact) mass is 331 g/mol. The standard InChI is InChI=1S/C23H25NO/c1-2-17-8-10-19(11-9-17)23(25)20-14-21-12-13-22(15-20)24(21)16-18-6-4-3-5-7-18/h2-11,20-22H,1,12-16H2. The summed E-state index contributed by atoms with van der Waals surface area (Å²) in [6.07, 6.45) is 6.29. The molecule has 2 aromatic carbocycles. The fourth-order valence-corrected chi connectivity index (χ4v) is 4.56. The van der Waals surface area contributed by atoms with E-state index in [1.54, 1.807) is 0 Å². The summed E-state index contributed by atoms with van der Waals surface area (Å²) >= 11 is 0. The van der Waals surface area contributed by atoms with E-state index in [9.17, 15) is 4.79 Å². The Labute approximate surface area is 150 Å². The molecule has 4 rings (SSSR count). The Morgan fingerprint density at radius 1 is 1.00 bits per heavy atom. The molecular weight excluding hydrogens is 306 g/mol. The quantitative estimate of drug-likeness (QED) is 0.722. The molecule has 0 amide bonds. The van der Waals surface area contributed by atoms with Crippen LogP contribution in [0.3, 0.4) is 0 Å². The van der Waals surface area contributed by atoms with E-state index >= 15 is 0 Å². The second-order valence-corrected chi connectivity index (χ2v) is 7.40. The molecule has 0 radical (unpaired) electrons. The van der Waals surface area contributed by atoms with Crippen molar-refractivity contribution in [1.29, 1.82) is 0 Å². The van der Waals surface area contributed by atoms with Crippen molar-refractivity contribution in [3.05, 3.63) is 77.9 Å². The summed E-state index contributed by atoms with van der Waals surface area (Å²) in [5.41, 5.74) is 3.30. The van der Waals surface area contributed by atoms with E-state index in [1.165, 1.54) is 18.4 Å². The van der Waals surface area contributed by atoms with Gasteiger partial charge in [0.05, 0.1) is 0 Å². The van der Waals surface area contributed by atoms with Gasteiger partial charge in [-0.3, -0.25) is 9.69 Å². The minimum atomic E-state index is 0.180. The number of ketones is 1. The zero-order valence-electron chi connectivity index (χ0n) is 14.6. The maximum Gasteiger partial charge on any atom is 0.166 e. The maximum absolute atomic E-state index is 12.9. The Balaban J connectivity index is 1.45. The maximum atomic E-state index is 12.9. The predicted octanol–water partition coefficient (Wildman–Crippen LogP) is 4.96. The highest BCUT2D eigenvalue weighted by atomic mass is 16.1. The molecular formula is C23H25NO. The van der Waals surface area contributed by atoms with Crippen LogP contribution in [0.1, 0.15) is 47.2 Å². The lowest BCUT2D eigenvalue weighted by molar-refractivity contribution is 0.0678. The molecule has 2 atom stereocenters. The topological polar surface area (TPSA) is 20.3 Å². The van der Waals surface area contributed by atoms with Crippen LogP contribution in [0.4, 0.5) is 0 Å². The van der Waals surface area contributed by atoms with E-state index in [0.717, 1.165) is 30.5 Å². The lowest BCUT2D eigenvalue weighted by Crippen LogP contribution is -2.44. The van der Waals surface area contributed by atoms with Crippen molar-refractivity contribution >= 4 is 11.9 Å². The number of hydrogen-bond donors (Lipinski definition) is 0. The predicted molar refractivity (Wildman–Crippen MR) is 102 cm³/mol. The number of carbonyl (C=O) groups is 1. The number of nitrogens with zero attached hydrogens (tertiary/aromatic N) is 1. The third-order valence-electron chi connectivity index (χ3n) is 5.89. The Morgan fingerprint density at radius 2 is 1.64 bits per heavy atom. The summed E-state index contributed by atoms with van der Waals surface area (Å²) in [4.78, 5) is 15.6. The molecule has 2 saturated heterocycles. The molecule has 0 N–H and O–H groups in total. The summed E-state index contributed by atoms with van der Waals surface area (Å²) in [7, 11) is 0. The fourth-order valence-electron chi connectivity index (χ4n) is 4.56. The highest BCUT2D eigenvalue weighted by molar-refractivity contribution is 5.98. The van der Waals surface area contributed by atoms with Crippen LogP contribution >= 0.6 is 0 Å². The van der Waals surface area contributed by atoms with Gasteiger partial charge in [0.1, 0.15) is 0 Å². The molecule has 2 fully saturated rings. The third kappa shape index (κ3) is 3.32. The van der Waals surface area contributed by atoms with Crippen molar-refractivity contribution < 1.29 is 4.79 Å². The Bertz CT molecular complexity index is 735. The minimum Gasteiger partial charge on any atom is -0.294 e. The van der Waals surface area contributed by atoms with Crippen molar-refractivity contribution in [2.45, 2.75) is 44.3 Å². The average Bonchev–Trinajstić information content (AvgIpc) is 2.90. The molecule has 2 heterocycles. The molecule has 0 saturated carbocycles. The molecule has 128 valence electrons. The minimum absolute atomic E-state index is 0.180. The molecule has 2 aromatic rings. The molecule has 2 aliphatic rings. The first-order valence-electron chi connectivity index (χ1n) is 9.31. The van der Waals surface area contributed by atoms with Crippen LogP contribution in [0.25, 0.3) is 6.08 Å². The van der Waals surface area contributed by atoms with Gasteiger partial charge in [0, 0.05) is 30.1 Å². The molecule has 2 nitrogen and oxygen atoms in total. The lowest BCUT2D eigenvalue weighted by atomic mass is 9.84. The molecule has 2 aliphatic heterocycles. The second-order valence-electron chi connectivity index (χ2n) is 7.40. The number of benzene rings is 2. The number of rotatable bonds is 5. The summed E-state index contributed by atoms with van der Waals surface area (Å²) in [6.45, 7) is 4.79. The highest BCUT2D eigenvalue weighted by Gasteiger charge is 2.42. The normalized spacial score (nSPS) is 25.7. The number of piperidine rings is 1. The SMILES string of the molecule is C=Cc1ccc(C(=O)C2CC3CCC(C2)N3Cc2ccccc2)cc1. The van der Waals surface area contributed by atoms with Crippen LogP contribution in [-0.4, -0.2) is 22.8 Å². The van der Waals surface area contributed by atoms with Crippen LogP contribution in [0.2, 0.25) is 0 Å². The van der Waals surface area contributed by atoms with Crippen molar-refractivity contribution in [3.8, 4) is 0 Å². The number of fused-ring (bicyclic) bond motifs is 2. The van der Waals surface area contributed by atoms with Gasteiger partial charge in [0.25, 0.3) is 0 Å². The van der Waals surface area contributed by atoms with Gasteiger partial charge in [0.15, 0.2) is 5.78 Å².